The lowest BCUT2D eigenvalue weighted by Crippen LogP contribution is -2.61. The molecule has 4 aromatic carbocycles. The van der Waals surface area contributed by atoms with Crippen LogP contribution in [0.5, 0.6) is 63.2 Å². The minimum atomic E-state index is -2.05. The lowest BCUT2D eigenvalue weighted by molar-refractivity contribution is -0.293. The Labute approximate surface area is 301 Å². The molecule has 6 rings (SSSR count). The maximum absolute atomic E-state index is 13.5. The van der Waals surface area contributed by atoms with E-state index in [4.69, 9.17) is 18.9 Å². The molecule has 6 atom stereocenters. The predicted octanol–water partition coefficient (Wildman–Crippen LogP) is 1.63. The lowest BCUT2D eigenvalue weighted by atomic mass is 9.97. The number of rotatable bonds is 8. The van der Waals surface area contributed by atoms with E-state index in [2.05, 4.69) is 4.74 Å². The van der Waals surface area contributed by atoms with Gasteiger partial charge in [-0.3, -0.25) is 0 Å². The van der Waals surface area contributed by atoms with Crippen molar-refractivity contribution < 1.29 is 94.6 Å². The van der Waals surface area contributed by atoms with Gasteiger partial charge in [-0.2, -0.15) is 0 Å². The summed E-state index contributed by atoms with van der Waals surface area (Å²) in [5.74, 6) is -10.6. The fourth-order valence-corrected chi connectivity index (χ4v) is 5.69. The van der Waals surface area contributed by atoms with Gasteiger partial charge in [-0.1, -0.05) is 0 Å². The van der Waals surface area contributed by atoms with E-state index in [1.54, 1.807) is 0 Å². The van der Waals surface area contributed by atoms with Gasteiger partial charge in [0.2, 0.25) is 12.4 Å². The summed E-state index contributed by atoms with van der Waals surface area (Å²) in [6.07, 6.45) is -9.79. The van der Waals surface area contributed by atoms with Crippen LogP contribution in [0.1, 0.15) is 37.9 Å². The molecule has 2 aliphatic rings. The zero-order valence-electron chi connectivity index (χ0n) is 27.2. The molecule has 0 aromatic heterocycles. The van der Waals surface area contributed by atoms with Crippen LogP contribution in [0, 0.1) is 0 Å². The molecule has 1 fully saturated rings. The highest BCUT2D eigenvalue weighted by atomic mass is 16.7. The van der Waals surface area contributed by atoms with Crippen LogP contribution in [-0.4, -0.2) is 115 Å². The Kier molecular flexibility index (Phi) is 9.70. The first-order valence-corrected chi connectivity index (χ1v) is 15.6. The minimum Gasteiger partial charge on any atom is -0.571 e. The van der Waals surface area contributed by atoms with Crippen molar-refractivity contribution in [3.8, 4) is 63.2 Å². The summed E-state index contributed by atoms with van der Waals surface area (Å²) in [5.41, 5.74) is -1.01. The number of carbonyl (C=O) groups excluding carboxylic acids is 2. The SMILES string of the molecule is O=C(OC1C(OC2=Cc3c(O)cc(O)cc3[OH+]C2c2ccc(O)c(O)c2)OC(CO)C(O)C1OC(=O)c1cc(O)c(O)c(O)c1)c1cc(O)c(O)c(O)c1. The van der Waals surface area contributed by atoms with Crippen molar-refractivity contribution in [2.45, 2.75) is 36.8 Å². The van der Waals surface area contributed by atoms with Gasteiger partial charge >= 0.3 is 11.9 Å². The van der Waals surface area contributed by atoms with Crippen molar-refractivity contribution in [3.63, 3.8) is 0 Å². The summed E-state index contributed by atoms with van der Waals surface area (Å²) < 4.78 is 27.5. The summed E-state index contributed by atoms with van der Waals surface area (Å²) in [6.45, 7) is -0.960. The number of esters is 2. The van der Waals surface area contributed by atoms with Crippen molar-refractivity contribution in [1.82, 2.24) is 0 Å². The molecule has 13 N–H and O–H groups in total. The molecule has 2 heterocycles. The lowest BCUT2D eigenvalue weighted by Gasteiger charge is -2.43. The summed E-state index contributed by atoms with van der Waals surface area (Å²) in [6, 6.07) is 8.60. The molecule has 0 spiro atoms. The number of aliphatic hydroxyl groups is 3. The van der Waals surface area contributed by atoms with E-state index in [-0.39, 0.29) is 28.4 Å². The second-order valence-corrected chi connectivity index (χ2v) is 12.0. The first-order valence-electron chi connectivity index (χ1n) is 15.6. The van der Waals surface area contributed by atoms with Gasteiger partial charge in [0.05, 0.1) is 29.4 Å². The van der Waals surface area contributed by atoms with Gasteiger partial charge in [0.25, 0.3) is 11.9 Å². The fourth-order valence-electron chi connectivity index (χ4n) is 5.69. The number of fused-ring (bicyclic) bond motifs is 1. The average molecular weight is 756 g/mol. The number of phenolic OH excluding ortho intramolecular Hbond substituents is 10. The van der Waals surface area contributed by atoms with Crippen LogP contribution >= 0.6 is 0 Å². The second kappa shape index (κ2) is 14.2. The van der Waals surface area contributed by atoms with E-state index >= 15 is 0 Å². The Balaban J connectivity index is 1.45. The van der Waals surface area contributed by atoms with Crippen molar-refractivity contribution in [1.29, 1.82) is 0 Å². The summed E-state index contributed by atoms with van der Waals surface area (Å²) >= 11 is 0. The van der Waals surface area contributed by atoms with Crippen molar-refractivity contribution in [2.75, 3.05) is 6.61 Å². The predicted molar refractivity (Wildman–Crippen MR) is 176 cm³/mol. The number of aliphatic hydroxyl groups excluding tert-OH is 2. The van der Waals surface area contributed by atoms with E-state index < -0.39 is 118 Å². The van der Waals surface area contributed by atoms with Gasteiger partial charge in [-0.15, -0.1) is 0 Å². The third-order valence-electron chi connectivity index (χ3n) is 8.41. The summed E-state index contributed by atoms with van der Waals surface area (Å²) in [5, 5.41) is 122. The molecule has 0 radical (unpaired) electrons. The summed E-state index contributed by atoms with van der Waals surface area (Å²) in [7, 11) is 0. The van der Waals surface area contributed by atoms with Crippen LogP contribution in [0.4, 0.5) is 0 Å². The molecule has 0 saturated carbocycles. The minimum absolute atomic E-state index is 0.00452. The van der Waals surface area contributed by atoms with Gasteiger partial charge in [-0.05, 0) is 42.5 Å². The first kappa shape index (κ1) is 36.8. The molecule has 0 amide bonds. The van der Waals surface area contributed by atoms with Gasteiger partial charge in [-0.25, -0.2) is 9.59 Å². The van der Waals surface area contributed by atoms with Gasteiger partial charge in [0, 0.05) is 12.1 Å². The maximum atomic E-state index is 13.5. The molecular weight excluding hydrogens is 724 g/mol. The molecule has 19 heteroatoms. The Morgan fingerprint density at radius 1 is 0.667 bits per heavy atom. The highest BCUT2D eigenvalue weighted by Crippen LogP contribution is 2.47. The number of hydrogen-bond donors (Lipinski definition) is 12. The third kappa shape index (κ3) is 6.96. The molecule has 284 valence electrons. The smallest absolute Gasteiger partial charge is 0.339 e. The Morgan fingerprint density at radius 2 is 1.22 bits per heavy atom. The second-order valence-electron chi connectivity index (χ2n) is 12.0. The summed E-state index contributed by atoms with van der Waals surface area (Å²) in [4.78, 5) is 26.9. The molecule has 2 aliphatic heterocycles. The molecule has 19 nitrogen and oxygen atoms in total. The van der Waals surface area contributed by atoms with Crippen LogP contribution in [0.2, 0.25) is 0 Å². The van der Waals surface area contributed by atoms with Crippen LogP contribution in [0.25, 0.3) is 6.08 Å². The normalized spacial score (nSPS) is 21.9. The van der Waals surface area contributed by atoms with Crippen LogP contribution in [-0.2, 0) is 18.9 Å². The number of carbonyl (C=O) groups is 2. The average Bonchev–Trinajstić information content (AvgIpc) is 3.12. The number of hydrogen-bond acceptors (Lipinski definition) is 18. The van der Waals surface area contributed by atoms with E-state index in [1.807, 2.05) is 0 Å². The molecule has 0 aliphatic carbocycles. The first-order chi connectivity index (χ1) is 25.6. The topological polar surface area (TPSA) is 327 Å². The molecule has 54 heavy (non-hydrogen) atoms. The highest BCUT2D eigenvalue weighted by molar-refractivity contribution is 5.92. The van der Waals surface area contributed by atoms with Gasteiger partial charge in [0.1, 0.15) is 29.3 Å². The van der Waals surface area contributed by atoms with E-state index in [9.17, 15) is 70.9 Å². The highest BCUT2D eigenvalue weighted by Gasteiger charge is 2.52. The third-order valence-corrected chi connectivity index (χ3v) is 8.41. The Hall–Kier alpha value is -6.96. The van der Waals surface area contributed by atoms with Crippen LogP contribution in [0.3, 0.4) is 0 Å². The van der Waals surface area contributed by atoms with E-state index in [0.717, 1.165) is 18.2 Å². The Bertz CT molecular complexity index is 2120. The van der Waals surface area contributed by atoms with E-state index in [1.165, 1.54) is 18.2 Å². The molecule has 0 bridgehead atoms. The van der Waals surface area contributed by atoms with E-state index in [0.29, 0.717) is 24.3 Å². The number of benzene rings is 4. The molecule has 6 unspecified atom stereocenters. The molecule has 1 saturated heterocycles. The fraction of sp³-hybridized carbons (Fsp3) is 0.200. The molecular formula is C35H31O19+. The molecule has 4 aromatic rings. The van der Waals surface area contributed by atoms with Crippen molar-refractivity contribution >= 4 is 18.0 Å². The van der Waals surface area contributed by atoms with Gasteiger partial charge < -0.3 is 85.0 Å². The zero-order valence-corrected chi connectivity index (χ0v) is 27.2. The monoisotopic (exact) mass is 755 g/mol. The van der Waals surface area contributed by atoms with Crippen LogP contribution in [0.15, 0.2) is 60.4 Å². The zero-order chi connectivity index (χ0) is 39.2. The standard InChI is InChI=1S/C35H30O19/c36-11-26-29(47)31(53-33(48)13-4-20(41)27(45)21(42)5-13)32(54-34(49)14-6-22(43)28(46)23(44)7-14)35(52-26)51-25-10-16-18(39)8-15(37)9-24(16)50-30(25)12-1-2-17(38)19(40)3-12/h1-10,26,29-32,35-47H,11H2/p+1. The van der Waals surface area contributed by atoms with Crippen molar-refractivity contribution in [3.05, 3.63) is 82.6 Å². The van der Waals surface area contributed by atoms with Crippen LogP contribution < -0.4 is 0 Å². The quantitative estimate of drug-likeness (QED) is 0.0690. The van der Waals surface area contributed by atoms with Gasteiger partial charge in [0.15, 0.2) is 57.9 Å². The number of aromatic hydroxyl groups is 11. The Morgan fingerprint density at radius 3 is 1.76 bits per heavy atom. The van der Waals surface area contributed by atoms with Crippen molar-refractivity contribution in [2.24, 2.45) is 0 Å². The number of ether oxygens (including phenoxy) is 5. The number of phenols is 10. The maximum Gasteiger partial charge on any atom is 0.339 e. The largest absolute Gasteiger partial charge is 0.571 e.